The van der Waals surface area contributed by atoms with Gasteiger partial charge in [0.2, 0.25) is 0 Å². The number of benzene rings is 1. The molecule has 1 aromatic carbocycles. The van der Waals surface area contributed by atoms with Gasteiger partial charge >= 0.3 is 6.18 Å². The van der Waals surface area contributed by atoms with Crippen LogP contribution in [-0.4, -0.2) is 0 Å². The molecule has 0 amide bonds. The van der Waals surface area contributed by atoms with E-state index in [2.05, 4.69) is 0 Å². The van der Waals surface area contributed by atoms with Crippen molar-refractivity contribution < 1.29 is 13.2 Å². The summed E-state index contributed by atoms with van der Waals surface area (Å²) in [4.78, 5) is 0. The summed E-state index contributed by atoms with van der Waals surface area (Å²) in [6, 6.07) is 3.19. The largest absolute Gasteiger partial charge is 0.416 e. The Bertz CT molecular complexity index is 402. The van der Waals surface area contributed by atoms with Gasteiger partial charge in [0.15, 0.2) is 0 Å². The van der Waals surface area contributed by atoms with Crippen LogP contribution in [0.2, 0.25) is 5.02 Å². The molecule has 1 aliphatic rings. The number of alkyl halides is 3. The lowest BCUT2D eigenvalue weighted by molar-refractivity contribution is -0.137. The molecule has 0 bridgehead atoms. The predicted molar refractivity (Wildman–Crippen MR) is 63.4 cm³/mol. The standard InChI is InChI=1S/C11H11ClF3N.ClH/c12-9-4-7(10(16)6-1-2-6)3-8(5-9)11(13,14)15;/h3-6,10H,1-2,16H2;1H/t10-;/m1./s1. The normalized spacial score (nSPS) is 17.5. The summed E-state index contributed by atoms with van der Waals surface area (Å²) in [6.07, 6.45) is -2.41. The number of halogens is 5. The van der Waals surface area contributed by atoms with Crippen LogP contribution in [0, 0.1) is 5.92 Å². The van der Waals surface area contributed by atoms with Gasteiger partial charge in [-0.1, -0.05) is 11.6 Å². The molecule has 17 heavy (non-hydrogen) atoms. The van der Waals surface area contributed by atoms with Crippen molar-refractivity contribution in [3.05, 3.63) is 34.3 Å². The number of hydrogen-bond acceptors (Lipinski definition) is 1. The minimum atomic E-state index is -4.37. The number of nitrogens with two attached hydrogens (primary N) is 1. The first kappa shape index (κ1) is 14.6. The molecule has 0 heterocycles. The third-order valence-corrected chi connectivity index (χ3v) is 2.98. The average Bonchev–Trinajstić information content (AvgIpc) is 2.97. The van der Waals surface area contributed by atoms with Gasteiger partial charge < -0.3 is 5.73 Å². The molecule has 1 fully saturated rings. The van der Waals surface area contributed by atoms with E-state index in [1.807, 2.05) is 0 Å². The van der Waals surface area contributed by atoms with Gasteiger partial charge in [0.25, 0.3) is 0 Å². The molecular formula is C11H12Cl2F3N. The van der Waals surface area contributed by atoms with Crippen molar-refractivity contribution in [2.45, 2.75) is 25.1 Å². The van der Waals surface area contributed by atoms with Crippen LogP contribution in [0.3, 0.4) is 0 Å². The summed E-state index contributed by atoms with van der Waals surface area (Å²) in [6.45, 7) is 0. The minimum Gasteiger partial charge on any atom is -0.324 e. The summed E-state index contributed by atoms with van der Waals surface area (Å²) in [7, 11) is 0. The number of rotatable bonds is 2. The van der Waals surface area contributed by atoms with Crippen LogP contribution in [0.4, 0.5) is 13.2 Å². The van der Waals surface area contributed by atoms with E-state index in [-0.39, 0.29) is 23.5 Å². The van der Waals surface area contributed by atoms with E-state index < -0.39 is 11.7 Å². The van der Waals surface area contributed by atoms with Crippen LogP contribution >= 0.6 is 24.0 Å². The lowest BCUT2D eigenvalue weighted by Gasteiger charge is -2.14. The zero-order chi connectivity index (χ0) is 11.9. The van der Waals surface area contributed by atoms with Crippen molar-refractivity contribution in [2.24, 2.45) is 11.7 Å². The monoisotopic (exact) mass is 285 g/mol. The second-order valence-corrected chi connectivity index (χ2v) is 4.57. The molecule has 0 radical (unpaired) electrons. The highest BCUT2D eigenvalue weighted by molar-refractivity contribution is 6.30. The number of hydrogen-bond donors (Lipinski definition) is 1. The smallest absolute Gasteiger partial charge is 0.324 e. The third-order valence-electron chi connectivity index (χ3n) is 2.76. The fourth-order valence-corrected chi connectivity index (χ4v) is 1.94. The van der Waals surface area contributed by atoms with Gasteiger partial charge in [-0.2, -0.15) is 13.2 Å². The van der Waals surface area contributed by atoms with Crippen LogP contribution in [-0.2, 0) is 6.18 Å². The van der Waals surface area contributed by atoms with Crippen LogP contribution in [0.5, 0.6) is 0 Å². The van der Waals surface area contributed by atoms with E-state index in [1.165, 1.54) is 6.07 Å². The molecule has 0 unspecified atom stereocenters. The first-order valence-electron chi connectivity index (χ1n) is 5.01. The van der Waals surface area contributed by atoms with E-state index in [1.54, 1.807) is 0 Å². The van der Waals surface area contributed by atoms with Crippen molar-refractivity contribution in [3.8, 4) is 0 Å². The Morgan fingerprint density at radius 3 is 2.29 bits per heavy atom. The van der Waals surface area contributed by atoms with E-state index >= 15 is 0 Å². The molecule has 1 aliphatic carbocycles. The Balaban J connectivity index is 0.00000144. The minimum absolute atomic E-state index is 0. The highest BCUT2D eigenvalue weighted by Gasteiger charge is 2.34. The van der Waals surface area contributed by atoms with Crippen LogP contribution in [0.25, 0.3) is 0 Å². The summed E-state index contributed by atoms with van der Waals surface area (Å²) in [5.41, 5.74) is 5.60. The molecule has 0 aromatic heterocycles. The van der Waals surface area contributed by atoms with Gasteiger partial charge in [0.05, 0.1) is 5.56 Å². The van der Waals surface area contributed by atoms with Crippen molar-refractivity contribution >= 4 is 24.0 Å². The van der Waals surface area contributed by atoms with Gasteiger partial charge in [0.1, 0.15) is 0 Å². The average molecular weight is 286 g/mol. The second kappa shape index (κ2) is 5.04. The molecular weight excluding hydrogens is 274 g/mol. The third kappa shape index (κ3) is 3.50. The van der Waals surface area contributed by atoms with E-state index in [9.17, 15) is 13.2 Å². The van der Waals surface area contributed by atoms with E-state index in [4.69, 9.17) is 17.3 Å². The Labute approximate surface area is 109 Å². The molecule has 0 aliphatic heterocycles. The summed E-state index contributed by atoms with van der Waals surface area (Å²) in [5.74, 6) is 0.305. The van der Waals surface area contributed by atoms with Crippen molar-refractivity contribution in [1.29, 1.82) is 0 Å². The quantitative estimate of drug-likeness (QED) is 0.866. The van der Waals surface area contributed by atoms with E-state index in [0.29, 0.717) is 11.5 Å². The molecule has 6 heteroatoms. The molecule has 0 spiro atoms. The molecule has 1 saturated carbocycles. The van der Waals surface area contributed by atoms with E-state index in [0.717, 1.165) is 25.0 Å². The first-order chi connectivity index (χ1) is 7.38. The second-order valence-electron chi connectivity index (χ2n) is 4.13. The fourth-order valence-electron chi connectivity index (χ4n) is 1.70. The van der Waals surface area contributed by atoms with Crippen LogP contribution < -0.4 is 5.73 Å². The zero-order valence-corrected chi connectivity index (χ0v) is 10.4. The summed E-state index contributed by atoms with van der Waals surface area (Å²) in [5, 5.41) is 0.0842. The lowest BCUT2D eigenvalue weighted by Crippen LogP contribution is -2.14. The van der Waals surface area contributed by atoms with Crippen LogP contribution in [0.15, 0.2) is 18.2 Å². The fraction of sp³-hybridized carbons (Fsp3) is 0.455. The first-order valence-corrected chi connectivity index (χ1v) is 5.39. The molecule has 1 aromatic rings. The van der Waals surface area contributed by atoms with Gasteiger partial charge in [0, 0.05) is 11.1 Å². The molecule has 96 valence electrons. The summed E-state index contributed by atoms with van der Waals surface area (Å²) >= 11 is 5.67. The highest BCUT2D eigenvalue weighted by Crippen LogP contribution is 2.41. The molecule has 1 nitrogen and oxygen atoms in total. The van der Waals surface area contributed by atoms with Gasteiger partial charge in [-0.05, 0) is 42.5 Å². The SMILES string of the molecule is Cl.N[C@@H](c1cc(Cl)cc(C(F)(F)F)c1)C1CC1. The van der Waals surface area contributed by atoms with Crippen molar-refractivity contribution in [1.82, 2.24) is 0 Å². The molecule has 1 atom stereocenters. The Morgan fingerprint density at radius 1 is 1.24 bits per heavy atom. The maximum Gasteiger partial charge on any atom is 0.416 e. The highest BCUT2D eigenvalue weighted by atomic mass is 35.5. The van der Waals surface area contributed by atoms with Gasteiger partial charge in [-0.15, -0.1) is 12.4 Å². The molecule has 0 saturated heterocycles. The van der Waals surface area contributed by atoms with Gasteiger partial charge in [-0.25, -0.2) is 0 Å². The molecule has 2 N–H and O–H groups in total. The Kier molecular flexibility index (Phi) is 4.33. The Morgan fingerprint density at radius 2 is 1.82 bits per heavy atom. The lowest BCUT2D eigenvalue weighted by atomic mass is 10.0. The topological polar surface area (TPSA) is 26.0 Å². The maximum absolute atomic E-state index is 12.5. The predicted octanol–water partition coefficient (Wildman–Crippen LogP) is 4.19. The maximum atomic E-state index is 12.5. The zero-order valence-electron chi connectivity index (χ0n) is 8.80. The van der Waals surface area contributed by atoms with Crippen molar-refractivity contribution in [2.75, 3.05) is 0 Å². The van der Waals surface area contributed by atoms with Crippen molar-refractivity contribution in [3.63, 3.8) is 0 Å². The van der Waals surface area contributed by atoms with Gasteiger partial charge in [-0.3, -0.25) is 0 Å². The summed E-state index contributed by atoms with van der Waals surface area (Å²) < 4.78 is 37.6. The Hall–Kier alpha value is -0.450. The van der Waals surface area contributed by atoms with Crippen LogP contribution in [0.1, 0.15) is 30.0 Å². The molecule has 2 rings (SSSR count).